The van der Waals surface area contributed by atoms with Crippen LogP contribution in [0.25, 0.3) is 5.76 Å². The Morgan fingerprint density at radius 3 is 2.56 bits per heavy atom. The number of rotatable bonds is 6. The number of ketones is 1. The third kappa shape index (κ3) is 3.69. The third-order valence-corrected chi connectivity index (χ3v) is 5.18. The van der Waals surface area contributed by atoms with E-state index >= 15 is 0 Å². The first-order chi connectivity index (χ1) is 15.6. The second-order valence-corrected chi connectivity index (χ2v) is 7.06. The first-order valence-electron chi connectivity index (χ1n) is 10.1. The molecule has 0 spiro atoms. The van der Waals surface area contributed by atoms with Crippen LogP contribution in [0, 0.1) is 0 Å². The molecule has 1 amide bonds. The van der Waals surface area contributed by atoms with Crippen LogP contribution in [0.2, 0.25) is 0 Å². The van der Waals surface area contributed by atoms with E-state index in [4.69, 9.17) is 9.47 Å². The summed E-state index contributed by atoms with van der Waals surface area (Å²) >= 11 is 0. The molecule has 0 radical (unpaired) electrons. The molecule has 4 rings (SSSR count). The number of anilines is 1. The predicted molar refractivity (Wildman–Crippen MR) is 120 cm³/mol. The minimum Gasteiger partial charge on any atom is -0.507 e. The summed E-state index contributed by atoms with van der Waals surface area (Å²) in [5.74, 6) is -0.893. The zero-order valence-electron chi connectivity index (χ0n) is 17.7. The number of amides is 1. The number of benzene rings is 2. The molecule has 1 aliphatic heterocycles. The number of carbonyl (C=O) groups is 2. The van der Waals surface area contributed by atoms with Crippen LogP contribution in [-0.4, -0.2) is 35.5 Å². The summed E-state index contributed by atoms with van der Waals surface area (Å²) < 4.78 is 10.9. The molecule has 1 atom stereocenters. The zero-order valence-corrected chi connectivity index (χ0v) is 17.7. The molecular formula is C25H22N2O5. The average molecular weight is 430 g/mol. The number of ether oxygens (including phenoxy) is 2. The minimum atomic E-state index is -0.928. The molecule has 1 N–H and O–H groups in total. The van der Waals surface area contributed by atoms with Gasteiger partial charge in [0.2, 0.25) is 0 Å². The highest BCUT2D eigenvalue weighted by Crippen LogP contribution is 2.44. The molecule has 1 unspecified atom stereocenters. The molecule has 32 heavy (non-hydrogen) atoms. The summed E-state index contributed by atoms with van der Waals surface area (Å²) in [6.45, 7) is 2.31. The van der Waals surface area contributed by atoms with E-state index in [1.165, 1.54) is 12.0 Å². The van der Waals surface area contributed by atoms with Crippen molar-refractivity contribution in [2.24, 2.45) is 0 Å². The first-order valence-corrected chi connectivity index (χ1v) is 10.1. The van der Waals surface area contributed by atoms with Gasteiger partial charge in [0, 0.05) is 11.8 Å². The van der Waals surface area contributed by atoms with Gasteiger partial charge in [0.25, 0.3) is 11.7 Å². The van der Waals surface area contributed by atoms with Crippen LogP contribution < -0.4 is 14.4 Å². The molecule has 162 valence electrons. The molecule has 7 nitrogen and oxygen atoms in total. The predicted octanol–water partition coefficient (Wildman–Crippen LogP) is 4.12. The molecule has 1 saturated heterocycles. The lowest BCUT2D eigenvalue weighted by atomic mass is 9.98. The number of pyridine rings is 1. The van der Waals surface area contributed by atoms with Gasteiger partial charge in [-0.25, -0.2) is 0 Å². The number of hydrogen-bond donors (Lipinski definition) is 1. The number of carbonyl (C=O) groups excluding carboxylic acids is 2. The molecule has 7 heteroatoms. The molecule has 3 aromatic rings. The first kappa shape index (κ1) is 21.1. The van der Waals surface area contributed by atoms with Gasteiger partial charge >= 0.3 is 0 Å². The maximum atomic E-state index is 13.2. The number of nitrogens with zero attached hydrogens (tertiary/aromatic N) is 2. The third-order valence-electron chi connectivity index (χ3n) is 5.18. The standard InChI is InChI=1S/C25H22N2O5/c1-3-32-17-10-8-9-16(15-17)23(28)21-22(18-11-6-7-14-26-18)27(25(30)24(21)29)19-12-4-5-13-20(19)31-2/h4-15,22,28H,3H2,1-2H3/b23-21-. The molecular weight excluding hydrogens is 408 g/mol. The van der Waals surface area contributed by atoms with Gasteiger partial charge in [0.05, 0.1) is 30.7 Å². The highest BCUT2D eigenvalue weighted by atomic mass is 16.5. The molecule has 0 bridgehead atoms. The topological polar surface area (TPSA) is 89.0 Å². The van der Waals surface area contributed by atoms with Crippen molar-refractivity contribution in [3.63, 3.8) is 0 Å². The van der Waals surface area contributed by atoms with Gasteiger partial charge in [0.15, 0.2) is 0 Å². The quantitative estimate of drug-likeness (QED) is 0.360. The number of Topliss-reactive ketones (excluding diaryl/α,β-unsaturated/α-hetero) is 1. The Bertz CT molecular complexity index is 1190. The molecule has 2 heterocycles. The number of aliphatic hydroxyl groups is 1. The van der Waals surface area contributed by atoms with Crippen molar-refractivity contribution in [3.8, 4) is 11.5 Å². The average Bonchev–Trinajstić information content (AvgIpc) is 3.10. The second kappa shape index (κ2) is 8.93. The van der Waals surface area contributed by atoms with Crippen LogP contribution in [0.4, 0.5) is 5.69 Å². The lowest BCUT2D eigenvalue weighted by molar-refractivity contribution is -0.132. The van der Waals surface area contributed by atoms with Gasteiger partial charge in [-0.3, -0.25) is 19.5 Å². The summed E-state index contributed by atoms with van der Waals surface area (Å²) in [6, 6.07) is 18.0. The Hall–Kier alpha value is -4.13. The van der Waals surface area contributed by atoms with Crippen molar-refractivity contribution < 1.29 is 24.2 Å². The van der Waals surface area contributed by atoms with Crippen molar-refractivity contribution in [1.29, 1.82) is 0 Å². The van der Waals surface area contributed by atoms with Gasteiger partial charge in [-0.2, -0.15) is 0 Å². The number of aromatic nitrogens is 1. The van der Waals surface area contributed by atoms with Crippen molar-refractivity contribution in [1.82, 2.24) is 4.98 Å². The maximum Gasteiger partial charge on any atom is 0.300 e. The number of hydrogen-bond acceptors (Lipinski definition) is 6. The molecule has 2 aromatic carbocycles. The molecule has 0 aliphatic carbocycles. The molecule has 1 aromatic heterocycles. The van der Waals surface area contributed by atoms with E-state index in [0.717, 1.165) is 0 Å². The Kier molecular flexibility index (Phi) is 5.89. The van der Waals surface area contributed by atoms with Gasteiger partial charge in [-0.1, -0.05) is 30.3 Å². The number of methoxy groups -OCH3 is 1. The van der Waals surface area contributed by atoms with Crippen molar-refractivity contribution in [2.75, 3.05) is 18.6 Å². The van der Waals surface area contributed by atoms with E-state index in [1.54, 1.807) is 72.9 Å². The van der Waals surface area contributed by atoms with Gasteiger partial charge in [-0.15, -0.1) is 0 Å². The van der Waals surface area contributed by atoms with Gasteiger partial charge in [-0.05, 0) is 43.3 Å². The normalized spacial score (nSPS) is 17.4. The largest absolute Gasteiger partial charge is 0.507 e. The lowest BCUT2D eigenvalue weighted by Gasteiger charge is -2.26. The fourth-order valence-electron chi connectivity index (χ4n) is 3.78. The molecule has 0 saturated carbocycles. The Balaban J connectivity index is 1.94. The van der Waals surface area contributed by atoms with Crippen LogP contribution in [-0.2, 0) is 9.59 Å². The molecule has 1 fully saturated rings. The highest BCUT2D eigenvalue weighted by molar-refractivity contribution is 6.51. The number of para-hydroxylation sites is 2. The monoisotopic (exact) mass is 430 g/mol. The van der Waals surface area contributed by atoms with Gasteiger partial charge < -0.3 is 14.6 Å². The van der Waals surface area contributed by atoms with E-state index in [1.807, 2.05) is 6.92 Å². The van der Waals surface area contributed by atoms with E-state index < -0.39 is 17.7 Å². The van der Waals surface area contributed by atoms with Crippen LogP contribution in [0.5, 0.6) is 11.5 Å². The van der Waals surface area contributed by atoms with Crippen molar-refractivity contribution >= 4 is 23.1 Å². The summed E-state index contributed by atoms with van der Waals surface area (Å²) in [6.07, 6.45) is 1.58. The van der Waals surface area contributed by atoms with E-state index in [2.05, 4.69) is 4.98 Å². The van der Waals surface area contributed by atoms with E-state index in [-0.39, 0.29) is 11.3 Å². The van der Waals surface area contributed by atoms with E-state index in [0.29, 0.717) is 35.1 Å². The van der Waals surface area contributed by atoms with Gasteiger partial charge in [0.1, 0.15) is 23.3 Å². The fourth-order valence-corrected chi connectivity index (χ4v) is 3.78. The van der Waals surface area contributed by atoms with Crippen molar-refractivity contribution in [3.05, 3.63) is 89.8 Å². The van der Waals surface area contributed by atoms with Crippen LogP contribution in [0.3, 0.4) is 0 Å². The summed E-state index contributed by atoms with van der Waals surface area (Å²) in [4.78, 5) is 32.1. The Morgan fingerprint density at radius 2 is 1.84 bits per heavy atom. The fraction of sp³-hybridized carbons (Fsp3) is 0.160. The summed E-state index contributed by atoms with van der Waals surface area (Å²) in [5.41, 5.74) is 1.18. The van der Waals surface area contributed by atoms with Crippen molar-refractivity contribution in [2.45, 2.75) is 13.0 Å². The Morgan fingerprint density at radius 1 is 1.06 bits per heavy atom. The summed E-state index contributed by atoms with van der Waals surface area (Å²) in [7, 11) is 1.49. The second-order valence-electron chi connectivity index (χ2n) is 7.06. The molecule has 1 aliphatic rings. The van der Waals surface area contributed by atoms with Crippen LogP contribution in [0.15, 0.2) is 78.5 Å². The maximum absolute atomic E-state index is 13.2. The minimum absolute atomic E-state index is 0.0479. The SMILES string of the molecule is CCOc1cccc(/C(O)=C2/C(=O)C(=O)N(c3ccccc3OC)C2c2ccccn2)c1. The van der Waals surface area contributed by atoms with E-state index in [9.17, 15) is 14.7 Å². The van der Waals surface area contributed by atoms with Crippen LogP contribution >= 0.6 is 0 Å². The Labute approximate surface area is 185 Å². The smallest absolute Gasteiger partial charge is 0.300 e. The van der Waals surface area contributed by atoms with Crippen LogP contribution in [0.1, 0.15) is 24.2 Å². The number of aliphatic hydroxyl groups excluding tert-OH is 1. The highest BCUT2D eigenvalue weighted by Gasteiger charge is 2.48. The lowest BCUT2D eigenvalue weighted by Crippen LogP contribution is -2.30. The summed E-state index contributed by atoms with van der Waals surface area (Å²) in [5, 5.41) is 11.2. The zero-order chi connectivity index (χ0) is 22.7.